The molecular weight excluding hydrogens is 246 g/mol. The summed E-state index contributed by atoms with van der Waals surface area (Å²) in [7, 11) is 0. The molecule has 2 nitrogen and oxygen atoms in total. The van der Waals surface area contributed by atoms with Gasteiger partial charge in [0.1, 0.15) is 0 Å². The minimum absolute atomic E-state index is 0.588. The third-order valence-electron chi connectivity index (χ3n) is 2.80. The van der Waals surface area contributed by atoms with Gasteiger partial charge in [-0.25, -0.2) is 0 Å². The van der Waals surface area contributed by atoms with E-state index < -0.39 is 0 Å². The maximum Gasteiger partial charge on any atom is 0.152 e. The highest BCUT2D eigenvalue weighted by atomic mass is 35.5. The molecule has 0 aliphatic heterocycles. The third-order valence-corrected chi connectivity index (χ3v) is 3.10. The van der Waals surface area contributed by atoms with Gasteiger partial charge in [0, 0.05) is 17.8 Å². The fraction of sp³-hybridized carbons (Fsp3) is 0.133. The Morgan fingerprint density at radius 2 is 1.83 bits per heavy atom. The number of rotatable bonds is 4. The van der Waals surface area contributed by atoms with Crippen LogP contribution in [0.2, 0.25) is 5.02 Å². The number of halogens is 1. The van der Waals surface area contributed by atoms with E-state index in [1.54, 1.807) is 18.2 Å². The highest BCUT2D eigenvalue weighted by Gasteiger charge is 2.14. The SMILES string of the molecule is CCN(c1ccccc1)c1c(Cl)cccc1C=O. The second-order valence-electron chi connectivity index (χ2n) is 3.88. The molecule has 0 fully saturated rings. The van der Waals surface area contributed by atoms with Crippen molar-refractivity contribution in [1.82, 2.24) is 0 Å². The summed E-state index contributed by atoms with van der Waals surface area (Å²) in [5.41, 5.74) is 2.40. The summed E-state index contributed by atoms with van der Waals surface area (Å²) in [6.07, 6.45) is 0.840. The van der Waals surface area contributed by atoms with Crippen molar-refractivity contribution in [2.24, 2.45) is 0 Å². The number of hydrogen-bond donors (Lipinski definition) is 0. The van der Waals surface area contributed by atoms with Crippen molar-refractivity contribution < 1.29 is 4.79 Å². The van der Waals surface area contributed by atoms with Crippen molar-refractivity contribution in [2.75, 3.05) is 11.4 Å². The average Bonchev–Trinajstić information content (AvgIpc) is 2.42. The van der Waals surface area contributed by atoms with Crippen molar-refractivity contribution in [2.45, 2.75) is 6.92 Å². The molecule has 0 N–H and O–H groups in total. The van der Waals surface area contributed by atoms with Crippen LogP contribution in [0, 0.1) is 0 Å². The zero-order valence-corrected chi connectivity index (χ0v) is 10.9. The summed E-state index contributed by atoms with van der Waals surface area (Å²) in [6, 6.07) is 15.3. The molecule has 18 heavy (non-hydrogen) atoms. The highest BCUT2D eigenvalue weighted by Crippen LogP contribution is 2.34. The zero-order chi connectivity index (χ0) is 13.0. The molecular formula is C15H14ClNO. The van der Waals surface area contributed by atoms with Crippen LogP contribution in [0.3, 0.4) is 0 Å². The van der Waals surface area contributed by atoms with Gasteiger partial charge < -0.3 is 4.90 Å². The quantitative estimate of drug-likeness (QED) is 0.763. The highest BCUT2D eigenvalue weighted by molar-refractivity contribution is 6.34. The van der Waals surface area contributed by atoms with Gasteiger partial charge >= 0.3 is 0 Å². The van der Waals surface area contributed by atoms with Crippen LogP contribution in [0.5, 0.6) is 0 Å². The molecule has 0 saturated carbocycles. The summed E-state index contributed by atoms with van der Waals surface area (Å²) >= 11 is 6.23. The van der Waals surface area contributed by atoms with Gasteiger partial charge in [0.15, 0.2) is 6.29 Å². The van der Waals surface area contributed by atoms with E-state index in [0.29, 0.717) is 10.6 Å². The maximum absolute atomic E-state index is 11.1. The number of carbonyl (C=O) groups excluding carboxylic acids is 1. The Morgan fingerprint density at radius 1 is 1.11 bits per heavy atom. The molecule has 0 aliphatic carbocycles. The number of para-hydroxylation sites is 2. The number of benzene rings is 2. The minimum atomic E-state index is 0.588. The number of aldehydes is 1. The smallest absolute Gasteiger partial charge is 0.152 e. The van der Waals surface area contributed by atoms with Gasteiger partial charge in [-0.3, -0.25) is 4.79 Å². The molecule has 0 spiro atoms. The Kier molecular flexibility index (Phi) is 4.00. The lowest BCUT2D eigenvalue weighted by Gasteiger charge is -2.25. The molecule has 2 rings (SSSR count). The van der Waals surface area contributed by atoms with Gasteiger partial charge in [-0.1, -0.05) is 35.9 Å². The third kappa shape index (κ3) is 2.39. The van der Waals surface area contributed by atoms with E-state index in [-0.39, 0.29) is 0 Å². The van der Waals surface area contributed by atoms with Gasteiger partial charge in [0.2, 0.25) is 0 Å². The molecule has 0 aliphatic rings. The van der Waals surface area contributed by atoms with Gasteiger partial charge in [0.25, 0.3) is 0 Å². The molecule has 92 valence electrons. The Hall–Kier alpha value is -1.80. The topological polar surface area (TPSA) is 20.3 Å². The van der Waals surface area contributed by atoms with E-state index in [4.69, 9.17) is 11.6 Å². The second-order valence-corrected chi connectivity index (χ2v) is 4.28. The first kappa shape index (κ1) is 12.7. The van der Waals surface area contributed by atoms with Gasteiger partial charge in [-0.05, 0) is 31.2 Å². The molecule has 2 aromatic carbocycles. The van der Waals surface area contributed by atoms with E-state index in [1.807, 2.05) is 42.2 Å². The van der Waals surface area contributed by atoms with Crippen molar-refractivity contribution in [3.63, 3.8) is 0 Å². The first-order valence-electron chi connectivity index (χ1n) is 5.84. The Morgan fingerprint density at radius 3 is 2.44 bits per heavy atom. The predicted octanol–water partition coefficient (Wildman–Crippen LogP) is 4.31. The van der Waals surface area contributed by atoms with Crippen molar-refractivity contribution >= 4 is 29.3 Å². The summed E-state index contributed by atoms with van der Waals surface area (Å²) in [5.74, 6) is 0. The first-order valence-corrected chi connectivity index (χ1v) is 6.22. The molecule has 0 radical (unpaired) electrons. The molecule has 0 atom stereocenters. The molecule has 0 amide bonds. The van der Waals surface area contributed by atoms with Gasteiger partial charge in [-0.2, -0.15) is 0 Å². The first-order chi connectivity index (χ1) is 8.77. The minimum Gasteiger partial charge on any atom is -0.340 e. The maximum atomic E-state index is 11.1. The van der Waals surface area contributed by atoms with E-state index in [9.17, 15) is 4.79 Å². The van der Waals surface area contributed by atoms with Gasteiger partial charge in [-0.15, -0.1) is 0 Å². The Bertz CT molecular complexity index is 539. The van der Waals surface area contributed by atoms with Crippen LogP contribution in [0.4, 0.5) is 11.4 Å². The monoisotopic (exact) mass is 259 g/mol. The Labute approximate surface area is 112 Å². The molecule has 3 heteroatoms. The second kappa shape index (κ2) is 5.69. The fourth-order valence-corrected chi connectivity index (χ4v) is 2.27. The lowest BCUT2D eigenvalue weighted by molar-refractivity contribution is 0.112. The zero-order valence-electron chi connectivity index (χ0n) is 10.1. The summed E-state index contributed by atoms with van der Waals surface area (Å²) in [4.78, 5) is 13.2. The van der Waals surface area contributed by atoms with Crippen LogP contribution < -0.4 is 4.90 Å². The van der Waals surface area contributed by atoms with Crippen LogP contribution in [0.15, 0.2) is 48.5 Å². The van der Waals surface area contributed by atoms with E-state index in [2.05, 4.69) is 0 Å². The molecule has 0 saturated heterocycles. The van der Waals surface area contributed by atoms with E-state index >= 15 is 0 Å². The van der Waals surface area contributed by atoms with Crippen LogP contribution in [-0.4, -0.2) is 12.8 Å². The van der Waals surface area contributed by atoms with Crippen LogP contribution in [0.25, 0.3) is 0 Å². The molecule has 0 aromatic heterocycles. The average molecular weight is 260 g/mol. The summed E-state index contributed by atoms with van der Waals surface area (Å²) < 4.78 is 0. The normalized spacial score (nSPS) is 10.1. The number of nitrogens with zero attached hydrogens (tertiary/aromatic N) is 1. The molecule has 0 bridgehead atoms. The standard InChI is InChI=1S/C15H14ClNO/c1-2-17(13-8-4-3-5-9-13)15-12(11-18)7-6-10-14(15)16/h3-11H,2H2,1H3. The van der Waals surface area contributed by atoms with Crippen LogP contribution >= 0.6 is 11.6 Å². The fourth-order valence-electron chi connectivity index (χ4n) is 1.99. The van der Waals surface area contributed by atoms with E-state index in [0.717, 1.165) is 24.2 Å². The number of hydrogen-bond acceptors (Lipinski definition) is 2. The largest absolute Gasteiger partial charge is 0.340 e. The number of anilines is 2. The van der Waals surface area contributed by atoms with Crippen LogP contribution in [0.1, 0.15) is 17.3 Å². The predicted molar refractivity (Wildman–Crippen MR) is 76.0 cm³/mol. The van der Waals surface area contributed by atoms with Crippen LogP contribution in [-0.2, 0) is 0 Å². The summed E-state index contributed by atoms with van der Waals surface area (Å²) in [5, 5.41) is 0.588. The van der Waals surface area contributed by atoms with Gasteiger partial charge in [0.05, 0.1) is 10.7 Å². The van der Waals surface area contributed by atoms with Crippen molar-refractivity contribution in [3.8, 4) is 0 Å². The molecule has 2 aromatic rings. The molecule has 0 unspecified atom stereocenters. The number of carbonyl (C=O) groups is 1. The van der Waals surface area contributed by atoms with Crippen molar-refractivity contribution in [3.05, 3.63) is 59.1 Å². The summed E-state index contributed by atoms with van der Waals surface area (Å²) in [6.45, 7) is 2.78. The lowest BCUT2D eigenvalue weighted by atomic mass is 10.1. The van der Waals surface area contributed by atoms with E-state index in [1.165, 1.54) is 0 Å². The Balaban J connectivity index is 2.55. The molecule has 0 heterocycles. The lowest BCUT2D eigenvalue weighted by Crippen LogP contribution is -2.18. The van der Waals surface area contributed by atoms with Crippen molar-refractivity contribution in [1.29, 1.82) is 0 Å².